The number of rotatable bonds is 4. The molecular formula is C13H10ClFN4O2S. The third kappa shape index (κ3) is 2.34. The molecule has 0 unspecified atom stereocenters. The predicted octanol–water partition coefficient (Wildman–Crippen LogP) is 3.54. The molecule has 0 aliphatic rings. The van der Waals surface area contributed by atoms with Crippen molar-refractivity contribution in [2.24, 2.45) is 0 Å². The molecular weight excluding hydrogens is 331 g/mol. The number of hydrogen-bond donors (Lipinski definition) is 0. The molecule has 0 saturated carbocycles. The van der Waals surface area contributed by atoms with Crippen LogP contribution in [0.2, 0.25) is 5.15 Å². The number of ether oxygens (including phenoxy) is 2. The molecule has 3 heterocycles. The smallest absolute Gasteiger partial charge is 0.228 e. The Balaban J connectivity index is 2.36. The van der Waals surface area contributed by atoms with Crippen LogP contribution in [0, 0.1) is 0 Å². The van der Waals surface area contributed by atoms with Crippen molar-refractivity contribution in [3.05, 3.63) is 29.8 Å². The van der Waals surface area contributed by atoms with E-state index >= 15 is 0 Å². The molecule has 0 spiro atoms. The summed E-state index contributed by atoms with van der Waals surface area (Å²) in [7, 11) is 2.98. The van der Waals surface area contributed by atoms with E-state index in [9.17, 15) is 3.89 Å². The molecule has 0 amide bonds. The summed E-state index contributed by atoms with van der Waals surface area (Å²) in [5, 5.41) is 0.955. The highest BCUT2D eigenvalue weighted by Crippen LogP contribution is 2.41. The van der Waals surface area contributed by atoms with E-state index in [1.165, 1.54) is 24.5 Å². The molecule has 0 atom stereocenters. The Kier molecular flexibility index (Phi) is 4.04. The van der Waals surface area contributed by atoms with E-state index in [4.69, 9.17) is 21.1 Å². The third-order valence-electron chi connectivity index (χ3n) is 3.09. The lowest BCUT2D eigenvalue weighted by Crippen LogP contribution is -1.97. The van der Waals surface area contributed by atoms with E-state index in [-0.39, 0.29) is 17.5 Å². The summed E-state index contributed by atoms with van der Waals surface area (Å²) >= 11 is 5.91. The number of hydrogen-bond acceptors (Lipinski definition) is 6. The van der Waals surface area contributed by atoms with E-state index < -0.39 is 0 Å². The van der Waals surface area contributed by atoms with Gasteiger partial charge in [0.25, 0.3) is 0 Å². The molecule has 22 heavy (non-hydrogen) atoms. The van der Waals surface area contributed by atoms with Crippen molar-refractivity contribution in [1.29, 1.82) is 0 Å². The van der Waals surface area contributed by atoms with Crippen molar-refractivity contribution in [1.82, 2.24) is 18.9 Å². The topological polar surface area (TPSA) is 62.1 Å². The van der Waals surface area contributed by atoms with Crippen LogP contribution in [-0.4, -0.2) is 33.1 Å². The minimum absolute atomic E-state index is 0.0225. The zero-order valence-corrected chi connectivity index (χ0v) is 13.2. The first-order valence-electron chi connectivity index (χ1n) is 6.09. The van der Waals surface area contributed by atoms with Gasteiger partial charge in [0, 0.05) is 17.1 Å². The molecule has 6 nitrogen and oxygen atoms in total. The Hall–Kier alpha value is -2.06. The quantitative estimate of drug-likeness (QED) is 0.677. The summed E-state index contributed by atoms with van der Waals surface area (Å²) in [5.74, 6) is 0.648. The minimum Gasteiger partial charge on any atom is -0.480 e. The maximum Gasteiger partial charge on any atom is 0.228 e. The average Bonchev–Trinajstić information content (AvgIpc) is 2.91. The van der Waals surface area contributed by atoms with E-state index in [1.54, 1.807) is 18.3 Å². The third-order valence-corrected chi connectivity index (χ3v) is 3.73. The Morgan fingerprint density at radius 3 is 2.45 bits per heavy atom. The van der Waals surface area contributed by atoms with Gasteiger partial charge >= 0.3 is 0 Å². The van der Waals surface area contributed by atoms with Crippen molar-refractivity contribution in [2.75, 3.05) is 14.2 Å². The summed E-state index contributed by atoms with van der Waals surface area (Å²) in [6.45, 7) is 0. The van der Waals surface area contributed by atoms with Crippen LogP contribution in [0.4, 0.5) is 3.89 Å². The predicted molar refractivity (Wildman–Crippen MR) is 83.0 cm³/mol. The van der Waals surface area contributed by atoms with E-state index in [2.05, 4.69) is 15.0 Å². The normalized spacial score (nSPS) is 10.9. The SMILES string of the molecule is COc1ncnc(OC)c1-c1cn(SF)c2nc(Cl)ccc12. The van der Waals surface area contributed by atoms with Gasteiger partial charge in [-0.05, 0) is 12.1 Å². The number of aromatic nitrogens is 4. The van der Waals surface area contributed by atoms with Crippen LogP contribution < -0.4 is 9.47 Å². The van der Waals surface area contributed by atoms with Gasteiger partial charge in [-0.3, -0.25) is 0 Å². The van der Waals surface area contributed by atoms with Crippen molar-refractivity contribution in [2.45, 2.75) is 0 Å². The Morgan fingerprint density at radius 2 is 1.86 bits per heavy atom. The molecule has 0 aliphatic heterocycles. The summed E-state index contributed by atoms with van der Waals surface area (Å²) in [4.78, 5) is 12.3. The summed E-state index contributed by atoms with van der Waals surface area (Å²) in [6, 6.07) is 3.38. The second-order valence-corrected chi connectivity index (χ2v) is 5.13. The first kappa shape index (κ1) is 14.9. The molecule has 3 aromatic rings. The number of fused-ring (bicyclic) bond motifs is 1. The summed E-state index contributed by atoms with van der Waals surface area (Å²) in [5.41, 5.74) is 1.55. The maximum atomic E-state index is 13.2. The molecule has 0 aromatic carbocycles. The second-order valence-electron chi connectivity index (χ2n) is 4.21. The highest BCUT2D eigenvalue weighted by molar-refractivity contribution is 7.92. The Bertz CT molecular complexity index is 820. The highest BCUT2D eigenvalue weighted by Gasteiger charge is 2.21. The fourth-order valence-corrected chi connectivity index (χ4v) is 2.69. The molecule has 0 saturated heterocycles. The van der Waals surface area contributed by atoms with Gasteiger partial charge in [-0.25, -0.2) is 18.9 Å². The zero-order chi connectivity index (χ0) is 15.7. The molecule has 0 fully saturated rings. The molecule has 0 N–H and O–H groups in total. The van der Waals surface area contributed by atoms with Crippen molar-refractivity contribution >= 4 is 35.0 Å². The zero-order valence-electron chi connectivity index (χ0n) is 11.6. The van der Waals surface area contributed by atoms with Crippen LogP contribution in [0.1, 0.15) is 0 Å². The lowest BCUT2D eigenvalue weighted by molar-refractivity contribution is 0.375. The lowest BCUT2D eigenvalue weighted by Gasteiger charge is -2.09. The van der Waals surface area contributed by atoms with Crippen LogP contribution in [-0.2, 0) is 0 Å². The first-order chi connectivity index (χ1) is 10.7. The van der Waals surface area contributed by atoms with Gasteiger partial charge < -0.3 is 9.47 Å². The van der Waals surface area contributed by atoms with Crippen LogP contribution in [0.25, 0.3) is 22.2 Å². The monoisotopic (exact) mass is 340 g/mol. The van der Waals surface area contributed by atoms with Gasteiger partial charge in [-0.2, -0.15) is 0 Å². The molecule has 0 aliphatic carbocycles. The number of nitrogens with zero attached hydrogens (tertiary/aromatic N) is 4. The molecule has 0 bridgehead atoms. The minimum atomic E-state index is 0.0225. The largest absolute Gasteiger partial charge is 0.480 e. The second kappa shape index (κ2) is 5.98. The van der Waals surface area contributed by atoms with Crippen molar-refractivity contribution in [3.8, 4) is 22.9 Å². The molecule has 114 valence electrons. The fraction of sp³-hybridized carbons (Fsp3) is 0.154. The average molecular weight is 341 g/mol. The highest BCUT2D eigenvalue weighted by atomic mass is 35.5. The molecule has 9 heteroatoms. The standard InChI is InChI=1S/C13H10ClFN4O2S/c1-20-12-10(13(21-2)17-6-16-12)8-5-19(22-15)11-7(8)3-4-9(14)18-11/h3-6H,1-2H3. The molecule has 3 rings (SSSR count). The number of pyridine rings is 1. The molecule has 0 radical (unpaired) electrons. The van der Waals surface area contributed by atoms with Crippen LogP contribution in [0.15, 0.2) is 24.7 Å². The van der Waals surface area contributed by atoms with Gasteiger partial charge in [-0.15, -0.1) is 3.89 Å². The Morgan fingerprint density at radius 1 is 1.18 bits per heavy atom. The number of halogens is 2. The van der Waals surface area contributed by atoms with Gasteiger partial charge in [-0.1, -0.05) is 11.6 Å². The van der Waals surface area contributed by atoms with E-state index in [0.717, 1.165) is 0 Å². The van der Waals surface area contributed by atoms with Gasteiger partial charge in [0.05, 0.1) is 14.2 Å². The van der Waals surface area contributed by atoms with Gasteiger partial charge in [0.1, 0.15) is 17.0 Å². The van der Waals surface area contributed by atoms with Crippen LogP contribution in [0.3, 0.4) is 0 Å². The van der Waals surface area contributed by atoms with Gasteiger partial charge in [0.15, 0.2) is 18.0 Å². The first-order valence-corrected chi connectivity index (χ1v) is 7.14. The van der Waals surface area contributed by atoms with Crippen LogP contribution >= 0.6 is 23.9 Å². The van der Waals surface area contributed by atoms with E-state index in [1.807, 2.05) is 0 Å². The maximum absolute atomic E-state index is 13.2. The Labute approximate surface area is 134 Å². The van der Waals surface area contributed by atoms with Crippen molar-refractivity contribution < 1.29 is 13.4 Å². The summed E-state index contributed by atoms with van der Waals surface area (Å²) < 4.78 is 25.0. The van der Waals surface area contributed by atoms with E-state index in [0.29, 0.717) is 33.9 Å². The van der Waals surface area contributed by atoms with Gasteiger partial charge in [0.2, 0.25) is 11.8 Å². The molecule has 3 aromatic heterocycles. The fourth-order valence-electron chi connectivity index (χ4n) is 2.20. The van der Waals surface area contributed by atoms with Crippen molar-refractivity contribution in [3.63, 3.8) is 0 Å². The lowest BCUT2D eigenvalue weighted by atomic mass is 10.1. The van der Waals surface area contributed by atoms with Crippen LogP contribution in [0.5, 0.6) is 11.8 Å². The number of methoxy groups -OCH3 is 2. The summed E-state index contributed by atoms with van der Waals surface area (Å²) in [6.07, 6.45) is 2.90.